The van der Waals surface area contributed by atoms with E-state index in [2.05, 4.69) is 11.6 Å². The van der Waals surface area contributed by atoms with E-state index in [1.165, 1.54) is 19.3 Å². The summed E-state index contributed by atoms with van der Waals surface area (Å²) in [6, 6.07) is 7.18. The Kier molecular flexibility index (Phi) is 3.62. The average Bonchev–Trinajstić information content (AvgIpc) is 2.28. The van der Waals surface area contributed by atoms with Crippen LogP contribution in [0.1, 0.15) is 29.6 Å². The van der Waals surface area contributed by atoms with E-state index in [9.17, 15) is 4.79 Å². The first-order chi connectivity index (χ1) is 8.17. The van der Waals surface area contributed by atoms with Crippen LogP contribution in [0, 0.1) is 0 Å². The molecule has 0 heterocycles. The van der Waals surface area contributed by atoms with Crippen LogP contribution in [0.15, 0.2) is 24.3 Å². The molecule has 0 aromatic heterocycles. The maximum Gasteiger partial charge on any atom is 0.253 e. The molecule has 92 valence electrons. The highest BCUT2D eigenvalue weighted by Gasteiger charge is 2.36. The van der Waals surface area contributed by atoms with E-state index in [1.807, 2.05) is 23.9 Å². The van der Waals surface area contributed by atoms with E-state index in [1.54, 1.807) is 12.1 Å². The number of carbonyl (C=O) groups is 1. The number of hydrogen-bond acceptors (Lipinski definition) is 3. The fraction of sp³-hybridized carbons (Fsp3) is 0.462. The molecular weight excluding hydrogens is 232 g/mol. The van der Waals surface area contributed by atoms with E-state index in [0.717, 1.165) is 6.54 Å². The number of nitrogens with one attached hydrogen (secondary N) is 1. The van der Waals surface area contributed by atoms with E-state index in [4.69, 9.17) is 5.73 Å². The van der Waals surface area contributed by atoms with Crippen LogP contribution in [0.3, 0.4) is 0 Å². The standard InChI is InChI=1S/C13H18N2OS/c1-17-13(7-4-8-13)9-15-12(16)10-5-2-3-6-11(10)14/h2-3,5-6H,4,7-9,14H2,1H3,(H,15,16). The Labute approximate surface area is 106 Å². The zero-order valence-electron chi connectivity index (χ0n) is 10.0. The van der Waals surface area contributed by atoms with Gasteiger partial charge in [0.05, 0.1) is 5.56 Å². The fourth-order valence-electron chi connectivity index (χ4n) is 2.06. The number of para-hydroxylation sites is 1. The molecule has 1 saturated carbocycles. The van der Waals surface area contributed by atoms with E-state index >= 15 is 0 Å². The summed E-state index contributed by atoms with van der Waals surface area (Å²) in [5.74, 6) is -0.0663. The van der Waals surface area contributed by atoms with Gasteiger partial charge in [0, 0.05) is 17.0 Å². The van der Waals surface area contributed by atoms with Gasteiger partial charge in [-0.3, -0.25) is 4.79 Å². The quantitative estimate of drug-likeness (QED) is 0.806. The third-order valence-electron chi connectivity index (χ3n) is 3.47. The molecule has 1 aliphatic carbocycles. The van der Waals surface area contributed by atoms with Crippen molar-refractivity contribution in [3.8, 4) is 0 Å². The number of nitrogens with two attached hydrogens (primary N) is 1. The second-order valence-electron chi connectivity index (χ2n) is 4.51. The molecule has 0 spiro atoms. The van der Waals surface area contributed by atoms with Crippen molar-refractivity contribution in [2.24, 2.45) is 0 Å². The molecule has 0 atom stereocenters. The van der Waals surface area contributed by atoms with Crippen LogP contribution < -0.4 is 11.1 Å². The number of nitrogen functional groups attached to an aromatic ring is 1. The maximum absolute atomic E-state index is 12.0. The Bertz CT molecular complexity index is 410. The average molecular weight is 250 g/mol. The minimum absolute atomic E-state index is 0.0663. The van der Waals surface area contributed by atoms with Gasteiger partial charge in [0.25, 0.3) is 5.91 Å². The minimum atomic E-state index is -0.0663. The first-order valence-electron chi connectivity index (χ1n) is 5.85. The Morgan fingerprint density at radius 3 is 2.71 bits per heavy atom. The summed E-state index contributed by atoms with van der Waals surface area (Å²) in [5.41, 5.74) is 6.88. The lowest BCUT2D eigenvalue weighted by molar-refractivity contribution is 0.0945. The number of anilines is 1. The zero-order chi connectivity index (χ0) is 12.3. The van der Waals surface area contributed by atoms with Crippen LogP contribution in [0.4, 0.5) is 5.69 Å². The van der Waals surface area contributed by atoms with Crippen molar-refractivity contribution in [3.05, 3.63) is 29.8 Å². The maximum atomic E-state index is 12.0. The molecule has 2 rings (SSSR count). The lowest BCUT2D eigenvalue weighted by atomic mass is 9.84. The molecule has 0 unspecified atom stereocenters. The molecule has 1 amide bonds. The topological polar surface area (TPSA) is 55.1 Å². The predicted octanol–water partition coefficient (Wildman–Crippen LogP) is 2.28. The summed E-state index contributed by atoms with van der Waals surface area (Å²) in [7, 11) is 0. The number of hydrogen-bond donors (Lipinski definition) is 2. The largest absolute Gasteiger partial charge is 0.398 e. The van der Waals surface area contributed by atoms with Gasteiger partial charge >= 0.3 is 0 Å². The number of rotatable bonds is 4. The summed E-state index contributed by atoms with van der Waals surface area (Å²) in [6.45, 7) is 0.737. The molecule has 1 aromatic rings. The zero-order valence-corrected chi connectivity index (χ0v) is 10.8. The third-order valence-corrected chi connectivity index (χ3v) is 4.89. The molecule has 1 aliphatic rings. The van der Waals surface area contributed by atoms with Crippen LogP contribution in [0.25, 0.3) is 0 Å². The van der Waals surface area contributed by atoms with Crippen molar-refractivity contribution in [2.45, 2.75) is 24.0 Å². The summed E-state index contributed by atoms with van der Waals surface area (Å²) >= 11 is 1.85. The van der Waals surface area contributed by atoms with Crippen molar-refractivity contribution < 1.29 is 4.79 Å². The van der Waals surface area contributed by atoms with Crippen molar-refractivity contribution in [3.63, 3.8) is 0 Å². The van der Waals surface area contributed by atoms with Crippen molar-refractivity contribution in [2.75, 3.05) is 18.5 Å². The van der Waals surface area contributed by atoms with Crippen LogP contribution >= 0.6 is 11.8 Å². The van der Waals surface area contributed by atoms with Gasteiger partial charge in [0.1, 0.15) is 0 Å². The molecule has 0 aliphatic heterocycles. The predicted molar refractivity (Wildman–Crippen MR) is 73.3 cm³/mol. The normalized spacial score (nSPS) is 17.2. The molecule has 0 radical (unpaired) electrons. The molecule has 1 aromatic carbocycles. The Hall–Kier alpha value is -1.16. The van der Waals surface area contributed by atoms with Gasteiger partial charge in [0.15, 0.2) is 0 Å². The lowest BCUT2D eigenvalue weighted by Crippen LogP contribution is -2.45. The second kappa shape index (κ2) is 5.00. The Balaban J connectivity index is 1.96. The number of benzene rings is 1. The van der Waals surface area contributed by atoms with Gasteiger partial charge in [0.2, 0.25) is 0 Å². The Morgan fingerprint density at radius 2 is 2.18 bits per heavy atom. The monoisotopic (exact) mass is 250 g/mol. The molecule has 17 heavy (non-hydrogen) atoms. The van der Waals surface area contributed by atoms with Crippen LogP contribution in [0.2, 0.25) is 0 Å². The number of thioether (sulfide) groups is 1. The van der Waals surface area contributed by atoms with E-state index in [-0.39, 0.29) is 10.7 Å². The summed E-state index contributed by atoms with van der Waals surface area (Å²) in [6.07, 6.45) is 5.77. The Morgan fingerprint density at radius 1 is 1.47 bits per heavy atom. The van der Waals surface area contributed by atoms with Crippen LogP contribution in [-0.2, 0) is 0 Å². The van der Waals surface area contributed by atoms with Crippen molar-refractivity contribution in [1.29, 1.82) is 0 Å². The first kappa shape index (κ1) is 12.3. The molecule has 1 fully saturated rings. The molecule has 0 bridgehead atoms. The van der Waals surface area contributed by atoms with Gasteiger partial charge in [-0.2, -0.15) is 11.8 Å². The SMILES string of the molecule is CSC1(CNC(=O)c2ccccc2N)CCC1. The number of carbonyl (C=O) groups excluding carboxylic acids is 1. The molecule has 4 heteroatoms. The minimum Gasteiger partial charge on any atom is -0.398 e. The molecule has 0 saturated heterocycles. The third kappa shape index (κ3) is 2.57. The molecule has 3 nitrogen and oxygen atoms in total. The van der Waals surface area contributed by atoms with Crippen molar-refractivity contribution in [1.82, 2.24) is 5.32 Å². The van der Waals surface area contributed by atoms with Crippen LogP contribution in [-0.4, -0.2) is 23.5 Å². The smallest absolute Gasteiger partial charge is 0.253 e. The van der Waals surface area contributed by atoms with Gasteiger partial charge in [-0.05, 0) is 31.2 Å². The molecular formula is C13H18N2OS. The first-order valence-corrected chi connectivity index (χ1v) is 7.07. The van der Waals surface area contributed by atoms with E-state index in [0.29, 0.717) is 11.3 Å². The van der Waals surface area contributed by atoms with Gasteiger partial charge in [-0.25, -0.2) is 0 Å². The van der Waals surface area contributed by atoms with Crippen LogP contribution in [0.5, 0.6) is 0 Å². The van der Waals surface area contributed by atoms with Gasteiger partial charge in [-0.15, -0.1) is 0 Å². The molecule has 3 N–H and O–H groups in total. The highest BCUT2D eigenvalue weighted by atomic mass is 32.2. The highest BCUT2D eigenvalue weighted by Crippen LogP contribution is 2.42. The summed E-state index contributed by atoms with van der Waals surface area (Å²) < 4.78 is 0.263. The van der Waals surface area contributed by atoms with Crippen molar-refractivity contribution >= 4 is 23.4 Å². The van der Waals surface area contributed by atoms with E-state index < -0.39 is 0 Å². The van der Waals surface area contributed by atoms with Gasteiger partial charge in [-0.1, -0.05) is 18.6 Å². The summed E-state index contributed by atoms with van der Waals surface area (Å²) in [4.78, 5) is 12.0. The lowest BCUT2D eigenvalue weighted by Gasteiger charge is -2.40. The van der Waals surface area contributed by atoms with Gasteiger partial charge < -0.3 is 11.1 Å². The number of amides is 1. The summed E-state index contributed by atoms with van der Waals surface area (Å²) in [5, 5.41) is 2.99. The highest BCUT2D eigenvalue weighted by molar-refractivity contribution is 8.00. The second-order valence-corrected chi connectivity index (χ2v) is 5.78. The fourth-order valence-corrected chi connectivity index (χ4v) is 2.98.